The van der Waals surface area contributed by atoms with Crippen LogP contribution in [0, 0.1) is 0 Å². The zero-order valence-electron chi connectivity index (χ0n) is 5.99. The Morgan fingerprint density at radius 2 is 2.73 bits per heavy atom. The van der Waals surface area contributed by atoms with Gasteiger partial charge in [0, 0.05) is 18.5 Å². The van der Waals surface area contributed by atoms with Gasteiger partial charge in [-0.2, -0.15) is 0 Å². The number of nitrogens with one attached hydrogen (secondary N) is 1. The molecule has 2 rings (SSSR count). The van der Waals surface area contributed by atoms with E-state index in [2.05, 4.69) is 14.9 Å². The molecule has 0 amide bonds. The molecule has 4 nitrogen and oxygen atoms in total. The topological polar surface area (TPSA) is 47.0 Å². The van der Waals surface area contributed by atoms with E-state index >= 15 is 0 Å². The summed E-state index contributed by atoms with van der Waals surface area (Å²) < 4.78 is 9.25. The van der Waals surface area contributed by atoms with Crippen LogP contribution < -0.4 is 5.32 Å². The summed E-state index contributed by atoms with van der Waals surface area (Å²) in [5.41, 5.74) is 0.946. The smallest absolute Gasteiger partial charge is 0.115 e. The normalized spacial score (nSPS) is 25.3. The minimum absolute atomic E-state index is 0.113. The van der Waals surface area contributed by atoms with Gasteiger partial charge >= 0.3 is 0 Å². The molecule has 0 aromatic carbocycles. The Balaban J connectivity index is 2.04. The zero-order valence-corrected chi connectivity index (χ0v) is 6.80. The molecule has 1 atom stereocenters. The summed E-state index contributed by atoms with van der Waals surface area (Å²) in [6.07, 6.45) is 0.113. The van der Waals surface area contributed by atoms with Crippen LogP contribution in [0.5, 0.6) is 0 Å². The molecule has 0 bridgehead atoms. The van der Waals surface area contributed by atoms with Crippen LogP contribution in [0.3, 0.4) is 0 Å². The van der Waals surface area contributed by atoms with Crippen LogP contribution in [0.2, 0.25) is 0 Å². The third-order valence-electron chi connectivity index (χ3n) is 1.63. The molecular formula is C6H9N3OS. The van der Waals surface area contributed by atoms with Crippen LogP contribution in [0.15, 0.2) is 5.38 Å². The second kappa shape index (κ2) is 3.25. The SMILES string of the molecule is c1snnc1C1CNCCO1. The minimum atomic E-state index is 0.113. The van der Waals surface area contributed by atoms with Crippen molar-refractivity contribution in [2.24, 2.45) is 0 Å². The number of morpholine rings is 1. The van der Waals surface area contributed by atoms with Crippen LogP contribution in [0.4, 0.5) is 0 Å². The first-order valence-corrected chi connectivity index (χ1v) is 4.40. The standard InChI is InChI=1S/C6H9N3OS/c1-2-10-6(3-7-1)5-4-11-9-8-5/h4,6-7H,1-3H2. The lowest BCUT2D eigenvalue weighted by Crippen LogP contribution is -2.33. The largest absolute Gasteiger partial charge is 0.369 e. The van der Waals surface area contributed by atoms with Crippen molar-refractivity contribution in [1.29, 1.82) is 0 Å². The van der Waals surface area contributed by atoms with Crippen molar-refractivity contribution in [3.8, 4) is 0 Å². The van der Waals surface area contributed by atoms with E-state index in [4.69, 9.17) is 4.74 Å². The van der Waals surface area contributed by atoms with Gasteiger partial charge in [0.15, 0.2) is 0 Å². The fraction of sp³-hybridized carbons (Fsp3) is 0.667. The second-order valence-corrected chi connectivity index (χ2v) is 3.00. The molecule has 1 saturated heterocycles. The van der Waals surface area contributed by atoms with E-state index in [1.807, 2.05) is 5.38 Å². The summed E-state index contributed by atoms with van der Waals surface area (Å²) >= 11 is 1.36. The minimum Gasteiger partial charge on any atom is -0.369 e. The summed E-state index contributed by atoms with van der Waals surface area (Å²) in [5, 5.41) is 9.11. The van der Waals surface area contributed by atoms with E-state index in [1.54, 1.807) is 0 Å². The molecule has 1 aromatic heterocycles. The van der Waals surface area contributed by atoms with Crippen LogP contribution in [-0.4, -0.2) is 29.3 Å². The van der Waals surface area contributed by atoms with Gasteiger partial charge in [-0.1, -0.05) is 4.49 Å². The molecule has 1 aliphatic rings. The Labute approximate surface area is 68.7 Å². The highest BCUT2D eigenvalue weighted by Gasteiger charge is 2.17. The Bertz CT molecular complexity index is 208. The Morgan fingerprint density at radius 1 is 1.73 bits per heavy atom. The maximum atomic E-state index is 5.46. The monoisotopic (exact) mass is 171 g/mol. The quantitative estimate of drug-likeness (QED) is 0.655. The molecule has 60 valence electrons. The van der Waals surface area contributed by atoms with Gasteiger partial charge in [-0.05, 0) is 11.5 Å². The van der Waals surface area contributed by atoms with Gasteiger partial charge in [0.1, 0.15) is 11.8 Å². The molecular weight excluding hydrogens is 162 g/mol. The lowest BCUT2D eigenvalue weighted by molar-refractivity contribution is 0.0250. The number of hydrogen-bond donors (Lipinski definition) is 1. The number of aromatic nitrogens is 2. The molecule has 1 aromatic rings. The highest BCUT2D eigenvalue weighted by atomic mass is 32.1. The number of nitrogens with zero attached hydrogens (tertiary/aromatic N) is 2. The van der Waals surface area contributed by atoms with Crippen molar-refractivity contribution >= 4 is 11.5 Å². The molecule has 2 heterocycles. The van der Waals surface area contributed by atoms with Gasteiger partial charge in [-0.25, -0.2) is 0 Å². The van der Waals surface area contributed by atoms with Gasteiger partial charge < -0.3 is 10.1 Å². The van der Waals surface area contributed by atoms with E-state index in [9.17, 15) is 0 Å². The third-order valence-corrected chi connectivity index (χ3v) is 2.16. The summed E-state index contributed by atoms with van der Waals surface area (Å²) in [7, 11) is 0. The molecule has 0 aliphatic carbocycles. The van der Waals surface area contributed by atoms with E-state index in [0.29, 0.717) is 0 Å². The highest BCUT2D eigenvalue weighted by molar-refractivity contribution is 7.03. The van der Waals surface area contributed by atoms with Gasteiger partial charge in [0.2, 0.25) is 0 Å². The van der Waals surface area contributed by atoms with E-state index in [1.165, 1.54) is 11.5 Å². The summed E-state index contributed by atoms with van der Waals surface area (Å²) in [6, 6.07) is 0. The molecule has 0 radical (unpaired) electrons. The molecule has 1 N–H and O–H groups in total. The number of ether oxygens (including phenoxy) is 1. The average molecular weight is 171 g/mol. The second-order valence-electron chi connectivity index (χ2n) is 2.39. The van der Waals surface area contributed by atoms with Gasteiger partial charge in [0.25, 0.3) is 0 Å². The van der Waals surface area contributed by atoms with Crippen molar-refractivity contribution in [2.75, 3.05) is 19.7 Å². The zero-order chi connectivity index (χ0) is 7.52. The van der Waals surface area contributed by atoms with Crippen molar-refractivity contribution in [3.05, 3.63) is 11.1 Å². The Morgan fingerprint density at radius 3 is 3.36 bits per heavy atom. The molecule has 1 unspecified atom stereocenters. The summed E-state index contributed by atoms with van der Waals surface area (Å²) in [4.78, 5) is 0. The maximum Gasteiger partial charge on any atom is 0.115 e. The van der Waals surface area contributed by atoms with Crippen molar-refractivity contribution < 1.29 is 4.74 Å². The van der Waals surface area contributed by atoms with Crippen LogP contribution in [0.1, 0.15) is 11.8 Å². The molecule has 0 saturated carbocycles. The average Bonchev–Trinajstić information content (AvgIpc) is 2.58. The molecule has 11 heavy (non-hydrogen) atoms. The lowest BCUT2D eigenvalue weighted by Gasteiger charge is -2.21. The fourth-order valence-corrected chi connectivity index (χ4v) is 1.56. The molecule has 1 fully saturated rings. The highest BCUT2D eigenvalue weighted by Crippen LogP contribution is 2.16. The third kappa shape index (κ3) is 1.55. The summed E-state index contributed by atoms with van der Waals surface area (Å²) in [5.74, 6) is 0. The van der Waals surface area contributed by atoms with Gasteiger partial charge in [-0.3, -0.25) is 0 Å². The van der Waals surface area contributed by atoms with E-state index < -0.39 is 0 Å². The van der Waals surface area contributed by atoms with Crippen molar-refractivity contribution in [1.82, 2.24) is 14.9 Å². The van der Waals surface area contributed by atoms with Gasteiger partial charge in [-0.15, -0.1) is 5.10 Å². The van der Waals surface area contributed by atoms with E-state index in [-0.39, 0.29) is 6.10 Å². The number of rotatable bonds is 1. The fourth-order valence-electron chi connectivity index (χ4n) is 1.07. The Hall–Kier alpha value is -0.520. The predicted octanol–water partition coefficient (Wildman–Crippen LogP) is 0.199. The predicted molar refractivity (Wildman–Crippen MR) is 41.5 cm³/mol. The molecule has 1 aliphatic heterocycles. The van der Waals surface area contributed by atoms with Crippen LogP contribution >= 0.6 is 11.5 Å². The first-order valence-electron chi connectivity index (χ1n) is 3.56. The molecule has 0 spiro atoms. The molecule has 5 heteroatoms. The van der Waals surface area contributed by atoms with Crippen molar-refractivity contribution in [2.45, 2.75) is 6.10 Å². The first kappa shape index (κ1) is 7.15. The first-order chi connectivity index (χ1) is 5.47. The Kier molecular flexibility index (Phi) is 2.11. The number of hydrogen-bond acceptors (Lipinski definition) is 5. The van der Waals surface area contributed by atoms with Crippen LogP contribution in [-0.2, 0) is 4.74 Å². The lowest BCUT2D eigenvalue weighted by atomic mass is 10.2. The van der Waals surface area contributed by atoms with Gasteiger partial charge in [0.05, 0.1) is 6.61 Å². The van der Waals surface area contributed by atoms with E-state index in [0.717, 1.165) is 25.4 Å². The summed E-state index contributed by atoms with van der Waals surface area (Å²) in [6.45, 7) is 2.56. The van der Waals surface area contributed by atoms with Crippen LogP contribution in [0.25, 0.3) is 0 Å². The van der Waals surface area contributed by atoms with Crippen molar-refractivity contribution in [3.63, 3.8) is 0 Å². The maximum absolute atomic E-state index is 5.46.